The Morgan fingerprint density at radius 3 is 2.62 bits per heavy atom. The molecular weight excluding hydrogens is 437 g/mol. The Morgan fingerprint density at radius 1 is 1.12 bits per heavy atom. The van der Waals surface area contributed by atoms with E-state index in [2.05, 4.69) is 44.1 Å². The summed E-state index contributed by atoms with van der Waals surface area (Å²) >= 11 is 0. The quantitative estimate of drug-likeness (QED) is 0.342. The Kier molecular flexibility index (Phi) is 7.20. The van der Waals surface area contributed by atoms with E-state index >= 15 is 0 Å². The van der Waals surface area contributed by atoms with Crippen LogP contribution in [0.3, 0.4) is 0 Å². The summed E-state index contributed by atoms with van der Waals surface area (Å²) in [6, 6.07) is 16.4. The van der Waals surface area contributed by atoms with Crippen LogP contribution >= 0.6 is 24.0 Å². The second-order valence-electron chi connectivity index (χ2n) is 6.12. The normalized spacial score (nSPS) is 11.1. The summed E-state index contributed by atoms with van der Waals surface area (Å²) in [5, 5.41) is 3.13. The van der Waals surface area contributed by atoms with Crippen LogP contribution in [0.25, 0.3) is 0 Å². The lowest BCUT2D eigenvalue weighted by atomic mass is 10.1. The van der Waals surface area contributed by atoms with Crippen molar-refractivity contribution in [3.63, 3.8) is 0 Å². The third-order valence-corrected chi connectivity index (χ3v) is 3.99. The van der Waals surface area contributed by atoms with Gasteiger partial charge in [-0.1, -0.05) is 36.4 Å². The highest BCUT2D eigenvalue weighted by atomic mass is 127. The van der Waals surface area contributed by atoms with E-state index in [0.717, 1.165) is 23.6 Å². The molecule has 0 saturated carbocycles. The van der Waals surface area contributed by atoms with Crippen molar-refractivity contribution in [2.24, 2.45) is 10.7 Å². The molecule has 5 nitrogen and oxygen atoms in total. The number of aliphatic imine (C=N–C) groups is 1. The zero-order chi connectivity index (χ0) is 17.6. The van der Waals surface area contributed by atoms with Gasteiger partial charge in [-0.2, -0.15) is 0 Å². The van der Waals surface area contributed by atoms with Crippen LogP contribution in [0.4, 0.5) is 5.69 Å². The largest absolute Gasteiger partial charge is 0.370 e. The maximum absolute atomic E-state index is 6.00. The Balaban J connectivity index is 0.00000243. The van der Waals surface area contributed by atoms with Gasteiger partial charge in [0, 0.05) is 24.6 Å². The minimum absolute atomic E-state index is 0. The van der Waals surface area contributed by atoms with Crippen LogP contribution in [-0.4, -0.2) is 15.5 Å². The number of halogens is 1. The van der Waals surface area contributed by atoms with Gasteiger partial charge in [-0.15, -0.1) is 24.0 Å². The molecule has 26 heavy (non-hydrogen) atoms. The van der Waals surface area contributed by atoms with Gasteiger partial charge in [0.05, 0.1) is 6.54 Å². The number of hydrogen-bond acceptors (Lipinski definition) is 2. The first-order valence-electron chi connectivity index (χ1n) is 8.29. The highest BCUT2D eigenvalue weighted by Gasteiger charge is 2.01. The fourth-order valence-electron chi connectivity index (χ4n) is 2.68. The average molecular weight is 461 g/mol. The summed E-state index contributed by atoms with van der Waals surface area (Å²) in [5.41, 5.74) is 10.5. The molecule has 1 aromatic heterocycles. The fraction of sp³-hybridized carbons (Fsp3) is 0.200. The van der Waals surface area contributed by atoms with E-state index in [1.807, 2.05) is 50.5 Å². The number of guanidine groups is 1. The van der Waals surface area contributed by atoms with Crippen LogP contribution in [0.2, 0.25) is 0 Å². The third-order valence-electron chi connectivity index (χ3n) is 3.99. The van der Waals surface area contributed by atoms with Crippen molar-refractivity contribution in [2.45, 2.75) is 26.9 Å². The van der Waals surface area contributed by atoms with Gasteiger partial charge in [0.1, 0.15) is 5.82 Å². The molecule has 0 unspecified atom stereocenters. The molecule has 0 saturated heterocycles. The van der Waals surface area contributed by atoms with Crippen LogP contribution in [0, 0.1) is 13.8 Å². The second-order valence-corrected chi connectivity index (χ2v) is 6.12. The summed E-state index contributed by atoms with van der Waals surface area (Å²) in [5.74, 6) is 1.43. The lowest BCUT2D eigenvalue weighted by molar-refractivity contribution is 0.760. The van der Waals surface area contributed by atoms with E-state index in [1.165, 1.54) is 11.1 Å². The number of nitrogens with one attached hydrogen (secondary N) is 1. The first kappa shape index (κ1) is 20.0. The maximum Gasteiger partial charge on any atom is 0.193 e. The lowest BCUT2D eigenvalue weighted by Gasteiger charge is -2.08. The first-order chi connectivity index (χ1) is 12.1. The molecule has 3 rings (SSSR count). The molecule has 0 aliphatic carbocycles. The van der Waals surface area contributed by atoms with Gasteiger partial charge in [0.15, 0.2) is 5.96 Å². The van der Waals surface area contributed by atoms with E-state index in [4.69, 9.17) is 5.73 Å². The molecule has 0 aliphatic rings. The molecule has 0 fully saturated rings. The number of aromatic nitrogens is 2. The van der Waals surface area contributed by atoms with Gasteiger partial charge in [-0.25, -0.2) is 9.98 Å². The van der Waals surface area contributed by atoms with Crippen molar-refractivity contribution in [1.29, 1.82) is 0 Å². The van der Waals surface area contributed by atoms with E-state index < -0.39 is 0 Å². The molecule has 0 atom stereocenters. The average Bonchev–Trinajstić information content (AvgIpc) is 2.98. The van der Waals surface area contributed by atoms with E-state index in [9.17, 15) is 0 Å². The number of rotatable bonds is 5. The number of anilines is 1. The summed E-state index contributed by atoms with van der Waals surface area (Å²) in [6.07, 6.45) is 3.81. The van der Waals surface area contributed by atoms with Gasteiger partial charge in [-0.05, 0) is 42.7 Å². The van der Waals surface area contributed by atoms with Crippen molar-refractivity contribution in [3.8, 4) is 0 Å². The SMILES string of the molecule is Cc1cccc(NC(N)=NCc2cccc(Cn3ccnc3C)c2)c1.I. The van der Waals surface area contributed by atoms with Crippen LogP contribution in [0.15, 0.2) is 65.9 Å². The van der Waals surface area contributed by atoms with Crippen molar-refractivity contribution < 1.29 is 0 Å². The van der Waals surface area contributed by atoms with Crippen molar-refractivity contribution >= 4 is 35.6 Å². The van der Waals surface area contributed by atoms with Crippen molar-refractivity contribution in [2.75, 3.05) is 5.32 Å². The predicted octanol–water partition coefficient (Wildman–Crippen LogP) is 4.09. The number of nitrogens with two attached hydrogens (primary N) is 1. The highest BCUT2D eigenvalue weighted by molar-refractivity contribution is 14.0. The highest BCUT2D eigenvalue weighted by Crippen LogP contribution is 2.11. The minimum atomic E-state index is 0. The summed E-state index contributed by atoms with van der Waals surface area (Å²) in [7, 11) is 0. The summed E-state index contributed by atoms with van der Waals surface area (Å²) < 4.78 is 2.12. The van der Waals surface area contributed by atoms with Crippen molar-refractivity contribution in [1.82, 2.24) is 9.55 Å². The minimum Gasteiger partial charge on any atom is -0.370 e. The maximum atomic E-state index is 6.00. The Labute approximate surface area is 171 Å². The van der Waals surface area contributed by atoms with Gasteiger partial charge in [0.2, 0.25) is 0 Å². The van der Waals surface area contributed by atoms with Crippen LogP contribution in [0.5, 0.6) is 0 Å². The number of nitrogens with zero attached hydrogens (tertiary/aromatic N) is 3. The molecule has 6 heteroatoms. The summed E-state index contributed by atoms with van der Waals surface area (Å²) in [6.45, 7) is 5.40. The van der Waals surface area contributed by atoms with Gasteiger partial charge < -0.3 is 15.6 Å². The molecule has 0 aliphatic heterocycles. The zero-order valence-corrected chi connectivity index (χ0v) is 17.3. The van der Waals surface area contributed by atoms with Gasteiger partial charge in [0.25, 0.3) is 0 Å². The topological polar surface area (TPSA) is 68.2 Å². The molecule has 0 amide bonds. The second kappa shape index (κ2) is 9.38. The van der Waals surface area contributed by atoms with E-state index in [-0.39, 0.29) is 24.0 Å². The van der Waals surface area contributed by atoms with Gasteiger partial charge in [-0.3, -0.25) is 0 Å². The van der Waals surface area contributed by atoms with E-state index in [1.54, 1.807) is 0 Å². The molecule has 0 bridgehead atoms. The molecule has 3 N–H and O–H groups in total. The molecular formula is C20H24IN5. The number of benzene rings is 2. The van der Waals surface area contributed by atoms with E-state index in [0.29, 0.717) is 12.5 Å². The first-order valence-corrected chi connectivity index (χ1v) is 8.29. The standard InChI is InChI=1S/C20H23N5.HI/c1-15-5-3-8-19(11-15)24-20(21)23-13-17-6-4-7-18(12-17)14-25-10-9-22-16(25)2;/h3-12H,13-14H2,1-2H3,(H3,21,23,24);1H. The molecule has 2 aromatic carbocycles. The molecule has 3 aromatic rings. The smallest absolute Gasteiger partial charge is 0.193 e. The Hall–Kier alpha value is -2.35. The van der Waals surface area contributed by atoms with Crippen LogP contribution in [0.1, 0.15) is 22.5 Å². The molecule has 0 radical (unpaired) electrons. The number of hydrogen-bond donors (Lipinski definition) is 2. The zero-order valence-electron chi connectivity index (χ0n) is 15.0. The Bertz CT molecular complexity index is 885. The molecule has 136 valence electrons. The summed E-state index contributed by atoms with van der Waals surface area (Å²) in [4.78, 5) is 8.70. The van der Waals surface area contributed by atoms with Crippen LogP contribution in [-0.2, 0) is 13.1 Å². The third kappa shape index (κ3) is 5.59. The van der Waals surface area contributed by atoms with Crippen LogP contribution < -0.4 is 11.1 Å². The number of aryl methyl sites for hydroxylation is 2. The lowest BCUT2D eigenvalue weighted by Crippen LogP contribution is -2.22. The monoisotopic (exact) mass is 461 g/mol. The molecule has 0 spiro atoms. The fourth-order valence-corrected chi connectivity index (χ4v) is 2.68. The Morgan fingerprint density at radius 2 is 1.88 bits per heavy atom. The van der Waals surface area contributed by atoms with Gasteiger partial charge >= 0.3 is 0 Å². The molecule has 1 heterocycles. The van der Waals surface area contributed by atoms with Crippen molar-refractivity contribution in [3.05, 3.63) is 83.4 Å². The predicted molar refractivity (Wildman–Crippen MR) is 118 cm³/mol. The number of imidazole rings is 1.